The van der Waals surface area contributed by atoms with Crippen molar-refractivity contribution >= 4 is 40.9 Å². The fourth-order valence-corrected chi connectivity index (χ4v) is 7.97. The van der Waals surface area contributed by atoms with Crippen LogP contribution in [0.2, 0.25) is 0 Å². The summed E-state index contributed by atoms with van der Waals surface area (Å²) in [5.74, 6) is 4.49. The van der Waals surface area contributed by atoms with Crippen molar-refractivity contribution in [3.63, 3.8) is 0 Å². The van der Waals surface area contributed by atoms with Crippen LogP contribution < -0.4 is 13.6 Å². The first-order valence-corrected chi connectivity index (χ1v) is 20.3. The molecule has 6 aromatic rings. The molecule has 0 amide bonds. The van der Waals surface area contributed by atoms with E-state index in [1.165, 1.54) is 32.8 Å². The molecule has 0 fully saturated rings. The lowest BCUT2D eigenvalue weighted by Gasteiger charge is -2.25. The quantitative estimate of drug-likeness (QED) is 0.118. The van der Waals surface area contributed by atoms with Crippen LogP contribution in [0.3, 0.4) is 0 Å². The molecule has 0 unspecified atom stereocenters. The van der Waals surface area contributed by atoms with Gasteiger partial charge in [0.2, 0.25) is 0 Å². The van der Waals surface area contributed by atoms with Gasteiger partial charge >= 0.3 is 8.60 Å². The van der Waals surface area contributed by atoms with Gasteiger partial charge in [0, 0.05) is 0 Å². The normalized spacial score (nSPS) is 12.3. The van der Waals surface area contributed by atoms with Crippen molar-refractivity contribution in [2.75, 3.05) is 0 Å². The van der Waals surface area contributed by atoms with Crippen molar-refractivity contribution in [3.05, 3.63) is 124 Å². The molecule has 6 rings (SSSR count). The zero-order chi connectivity index (χ0) is 37.4. The van der Waals surface area contributed by atoms with Gasteiger partial charge in [-0.3, -0.25) is 0 Å². The van der Waals surface area contributed by atoms with E-state index in [4.69, 9.17) is 13.6 Å². The Hall–Kier alpha value is -4.07. The first kappa shape index (κ1) is 37.7. The molecule has 0 aromatic heterocycles. The molecule has 3 nitrogen and oxygen atoms in total. The highest BCUT2D eigenvalue weighted by molar-refractivity contribution is 7.43. The molecule has 0 N–H and O–H groups in total. The van der Waals surface area contributed by atoms with Gasteiger partial charge in [-0.2, -0.15) is 0 Å². The van der Waals surface area contributed by atoms with Crippen LogP contribution in [0.4, 0.5) is 0 Å². The number of hydrogen-bond acceptors (Lipinski definition) is 3. The van der Waals surface area contributed by atoms with Crippen LogP contribution in [-0.2, 0) is 0 Å². The molecule has 6 aromatic carbocycles. The second-order valence-electron chi connectivity index (χ2n) is 16.4. The van der Waals surface area contributed by atoms with Crippen LogP contribution in [-0.4, -0.2) is 0 Å². The topological polar surface area (TPSA) is 27.7 Å². The van der Waals surface area contributed by atoms with Gasteiger partial charge in [0.1, 0.15) is 17.2 Å². The number of hydrogen-bond donors (Lipinski definition) is 0. The Morgan fingerprint density at radius 1 is 0.308 bits per heavy atom. The van der Waals surface area contributed by atoms with Gasteiger partial charge in [0.15, 0.2) is 0 Å². The molecule has 0 bridgehead atoms. The molecule has 0 aliphatic carbocycles. The van der Waals surface area contributed by atoms with Gasteiger partial charge in [-0.15, -0.1) is 0 Å². The van der Waals surface area contributed by atoms with Gasteiger partial charge in [-0.25, -0.2) is 0 Å². The fourth-order valence-electron chi connectivity index (χ4n) is 6.90. The minimum Gasteiger partial charge on any atom is -0.408 e. The van der Waals surface area contributed by atoms with Crippen LogP contribution in [0.1, 0.15) is 152 Å². The zero-order valence-electron chi connectivity index (χ0n) is 33.3. The largest absolute Gasteiger partial charge is 0.530 e. The lowest BCUT2D eigenvalue weighted by molar-refractivity contribution is 0.382. The SMILES string of the molecule is CC(C)c1ccc2cc(OP(Oc3cc4ccc(C(C)C)cc4cc3C(C)C)Oc3cc4ccc(C(C)C)cc4cc3C(C)C)c(C(C)C)cc2c1. The molecule has 0 saturated heterocycles. The van der Waals surface area contributed by atoms with E-state index < -0.39 is 8.60 Å². The first-order chi connectivity index (χ1) is 24.7. The van der Waals surface area contributed by atoms with Crippen molar-refractivity contribution in [1.82, 2.24) is 0 Å². The average Bonchev–Trinajstić information content (AvgIpc) is 3.09. The van der Waals surface area contributed by atoms with Crippen molar-refractivity contribution in [1.29, 1.82) is 0 Å². The number of benzene rings is 6. The summed E-state index contributed by atoms with van der Waals surface area (Å²) in [4.78, 5) is 0. The fraction of sp³-hybridized carbons (Fsp3) is 0.375. The maximum absolute atomic E-state index is 7.02. The Morgan fingerprint density at radius 3 is 0.808 bits per heavy atom. The highest BCUT2D eigenvalue weighted by atomic mass is 31.2. The third kappa shape index (κ3) is 8.11. The Kier molecular flexibility index (Phi) is 11.2. The molecule has 272 valence electrons. The molecular formula is C48H57O3P. The van der Waals surface area contributed by atoms with Crippen molar-refractivity contribution in [2.24, 2.45) is 0 Å². The third-order valence-corrected chi connectivity index (χ3v) is 11.4. The van der Waals surface area contributed by atoms with E-state index in [9.17, 15) is 0 Å². The van der Waals surface area contributed by atoms with E-state index in [0.29, 0.717) is 17.8 Å². The predicted octanol–water partition coefficient (Wildman–Crippen LogP) is 15.7. The monoisotopic (exact) mass is 712 g/mol. The summed E-state index contributed by atoms with van der Waals surface area (Å²) >= 11 is 0. The van der Waals surface area contributed by atoms with Crippen LogP contribution in [0, 0.1) is 0 Å². The molecule has 0 saturated carbocycles. The Morgan fingerprint density at radius 2 is 0.577 bits per heavy atom. The average molecular weight is 713 g/mol. The van der Waals surface area contributed by atoms with Crippen LogP contribution in [0.15, 0.2) is 91.0 Å². The van der Waals surface area contributed by atoms with E-state index in [-0.39, 0.29) is 17.8 Å². The predicted molar refractivity (Wildman–Crippen MR) is 225 cm³/mol. The van der Waals surface area contributed by atoms with Crippen molar-refractivity contribution < 1.29 is 13.6 Å². The van der Waals surface area contributed by atoms with E-state index in [2.05, 4.69) is 174 Å². The summed E-state index contributed by atoms with van der Waals surface area (Å²) in [6, 6.07) is 33.6. The molecule has 0 radical (unpaired) electrons. The molecule has 0 heterocycles. The van der Waals surface area contributed by atoms with E-state index in [0.717, 1.165) is 50.1 Å². The van der Waals surface area contributed by atoms with Gasteiger partial charge in [-0.1, -0.05) is 138 Å². The Labute approximate surface area is 313 Å². The molecule has 4 heteroatoms. The van der Waals surface area contributed by atoms with E-state index in [1.54, 1.807) is 0 Å². The van der Waals surface area contributed by atoms with Crippen LogP contribution >= 0.6 is 8.60 Å². The minimum absolute atomic E-state index is 0.239. The summed E-state index contributed by atoms with van der Waals surface area (Å²) in [6.07, 6.45) is 0. The lowest BCUT2D eigenvalue weighted by atomic mass is 9.94. The van der Waals surface area contributed by atoms with Gasteiger partial charge in [0.25, 0.3) is 0 Å². The summed E-state index contributed by atoms with van der Waals surface area (Å²) in [5.41, 5.74) is 7.42. The molecule has 52 heavy (non-hydrogen) atoms. The summed E-state index contributed by atoms with van der Waals surface area (Å²) in [7, 11) is -1.93. The third-order valence-electron chi connectivity index (χ3n) is 10.4. The Bertz CT molecular complexity index is 1960. The smallest absolute Gasteiger partial charge is 0.408 e. The number of fused-ring (bicyclic) bond motifs is 3. The molecular weight excluding hydrogens is 655 g/mol. The second-order valence-corrected chi connectivity index (χ2v) is 17.4. The Balaban J connectivity index is 1.49. The van der Waals surface area contributed by atoms with E-state index >= 15 is 0 Å². The van der Waals surface area contributed by atoms with Crippen LogP contribution in [0.5, 0.6) is 17.2 Å². The van der Waals surface area contributed by atoms with Gasteiger partial charge in [-0.05, 0) is 138 Å². The maximum atomic E-state index is 7.02. The highest BCUT2D eigenvalue weighted by Crippen LogP contribution is 2.49. The summed E-state index contributed by atoms with van der Waals surface area (Å²) < 4.78 is 21.0. The molecule has 0 aliphatic heterocycles. The second kappa shape index (κ2) is 15.5. The molecule has 0 spiro atoms. The van der Waals surface area contributed by atoms with E-state index in [1.807, 2.05) is 0 Å². The highest BCUT2D eigenvalue weighted by Gasteiger charge is 2.27. The first-order valence-electron chi connectivity index (χ1n) is 19.2. The summed E-state index contributed by atoms with van der Waals surface area (Å²) in [6.45, 7) is 26.8. The van der Waals surface area contributed by atoms with Crippen LogP contribution in [0.25, 0.3) is 32.3 Å². The summed E-state index contributed by atoms with van der Waals surface area (Å²) in [5, 5.41) is 7.10. The standard InChI is InChI=1S/C48H57O3P/c1-28(2)34-13-16-37-25-46(43(31(7)8)22-40(37)19-34)49-52(50-47-26-38-17-14-35(29(3)4)20-41(38)23-44(47)32(9)10)51-48-27-39-18-15-36(30(5)6)21-42(39)24-45(48)33(11)12/h13-33H,1-12H3. The number of rotatable bonds is 12. The van der Waals surface area contributed by atoms with Gasteiger partial charge in [0.05, 0.1) is 0 Å². The minimum atomic E-state index is -1.93. The van der Waals surface area contributed by atoms with Crippen molar-refractivity contribution in [2.45, 2.75) is 119 Å². The van der Waals surface area contributed by atoms with Crippen molar-refractivity contribution in [3.8, 4) is 17.2 Å². The zero-order valence-corrected chi connectivity index (χ0v) is 34.2. The lowest BCUT2D eigenvalue weighted by Crippen LogP contribution is -2.08. The molecule has 0 aliphatic rings. The maximum Gasteiger partial charge on any atom is 0.530 e. The molecule has 0 atom stereocenters. The van der Waals surface area contributed by atoms with Gasteiger partial charge < -0.3 is 13.6 Å².